The van der Waals surface area contributed by atoms with Crippen molar-refractivity contribution in [2.45, 2.75) is 40.2 Å². The van der Waals surface area contributed by atoms with Gasteiger partial charge in [0.2, 0.25) is 0 Å². The first-order valence-corrected chi connectivity index (χ1v) is 6.65. The normalized spacial score (nSPS) is 18.1. The summed E-state index contributed by atoms with van der Waals surface area (Å²) in [5, 5.41) is 0. The maximum atomic E-state index is 12.6. The first kappa shape index (κ1) is 13.6. The number of carbonyl (C=O) groups excluding carboxylic acids is 2. The Bertz CT molecular complexity index is 555. The topological polar surface area (TPSA) is 53.2 Å². The molecule has 4 nitrogen and oxygen atoms in total. The largest absolute Gasteiger partial charge is 0.355 e. The van der Waals surface area contributed by atoms with Crippen molar-refractivity contribution in [3.05, 3.63) is 34.7 Å². The highest BCUT2D eigenvalue weighted by Gasteiger charge is 2.28. The van der Waals surface area contributed by atoms with Crippen molar-refractivity contribution in [2.75, 3.05) is 6.54 Å². The van der Waals surface area contributed by atoms with Gasteiger partial charge in [-0.15, -0.1) is 0 Å². The number of carbonyl (C=O) groups is 2. The van der Waals surface area contributed by atoms with E-state index in [1.807, 2.05) is 24.8 Å². The van der Waals surface area contributed by atoms with Gasteiger partial charge < -0.3 is 9.88 Å². The quantitative estimate of drug-likeness (QED) is 0.671. The van der Waals surface area contributed by atoms with E-state index in [2.05, 4.69) is 18.0 Å². The van der Waals surface area contributed by atoms with Crippen LogP contribution >= 0.6 is 0 Å². The van der Waals surface area contributed by atoms with Gasteiger partial charge in [0.1, 0.15) is 0 Å². The number of nitrogens with one attached hydrogen (secondary N) is 1. The molecule has 0 aliphatic carbocycles. The van der Waals surface area contributed by atoms with E-state index < -0.39 is 0 Å². The Morgan fingerprint density at radius 3 is 2.63 bits per heavy atom. The van der Waals surface area contributed by atoms with Crippen LogP contribution in [0.4, 0.5) is 0 Å². The number of hydrogen-bond acceptors (Lipinski definition) is 2. The molecule has 1 aliphatic heterocycles. The van der Waals surface area contributed by atoms with E-state index in [-0.39, 0.29) is 17.7 Å². The minimum atomic E-state index is -0.0359. The Balaban J connectivity index is 2.37. The molecule has 1 atom stereocenters. The molecule has 1 N–H and O–H groups in total. The summed E-state index contributed by atoms with van der Waals surface area (Å²) in [6.45, 7) is 7.91. The second-order valence-corrected chi connectivity index (χ2v) is 5.04. The second kappa shape index (κ2) is 5.03. The zero-order valence-electron chi connectivity index (χ0n) is 11.9. The lowest BCUT2D eigenvalue weighted by atomic mass is 10.1. The molecule has 2 heterocycles. The van der Waals surface area contributed by atoms with Crippen molar-refractivity contribution in [2.24, 2.45) is 0 Å². The number of nitrogens with zero attached hydrogens (tertiary/aromatic N) is 1. The number of amides is 1. The summed E-state index contributed by atoms with van der Waals surface area (Å²) in [4.78, 5) is 29.1. The van der Waals surface area contributed by atoms with Crippen molar-refractivity contribution in [1.82, 2.24) is 9.88 Å². The highest BCUT2D eigenvalue weighted by Crippen LogP contribution is 2.23. The number of hydrogen-bond donors (Lipinski definition) is 1. The molecule has 2 rings (SSSR count). The van der Waals surface area contributed by atoms with Crippen LogP contribution in [-0.4, -0.2) is 34.2 Å². The number of aromatic amines is 1. The van der Waals surface area contributed by atoms with E-state index in [1.165, 1.54) is 6.92 Å². The van der Waals surface area contributed by atoms with Crippen LogP contribution in [0, 0.1) is 13.8 Å². The first-order chi connectivity index (χ1) is 8.97. The molecular formula is C15H20N2O2. The van der Waals surface area contributed by atoms with Crippen molar-refractivity contribution in [3.8, 4) is 0 Å². The maximum Gasteiger partial charge on any atom is 0.256 e. The fraction of sp³-hybridized carbons (Fsp3) is 0.467. The van der Waals surface area contributed by atoms with Gasteiger partial charge in [-0.1, -0.05) is 19.1 Å². The summed E-state index contributed by atoms with van der Waals surface area (Å²) in [5.41, 5.74) is 2.72. The Hall–Kier alpha value is -1.84. The molecule has 0 radical (unpaired) electrons. The lowest BCUT2D eigenvalue weighted by Crippen LogP contribution is -2.36. The van der Waals surface area contributed by atoms with Crippen LogP contribution in [0.25, 0.3) is 0 Å². The highest BCUT2D eigenvalue weighted by atomic mass is 16.2. The van der Waals surface area contributed by atoms with Gasteiger partial charge in [0.05, 0.1) is 17.3 Å². The van der Waals surface area contributed by atoms with Gasteiger partial charge in [-0.25, -0.2) is 0 Å². The minimum Gasteiger partial charge on any atom is -0.355 e. The van der Waals surface area contributed by atoms with Crippen LogP contribution in [-0.2, 0) is 0 Å². The Morgan fingerprint density at radius 1 is 1.42 bits per heavy atom. The molecule has 1 aromatic heterocycles. The molecule has 1 aliphatic rings. The van der Waals surface area contributed by atoms with Crippen LogP contribution in [0.1, 0.15) is 52.4 Å². The second-order valence-electron chi connectivity index (χ2n) is 5.04. The summed E-state index contributed by atoms with van der Waals surface area (Å²) < 4.78 is 0. The van der Waals surface area contributed by atoms with Crippen LogP contribution in [0.15, 0.2) is 12.2 Å². The van der Waals surface area contributed by atoms with Gasteiger partial charge in [0.25, 0.3) is 5.91 Å². The predicted octanol–water partition coefficient (Wildman–Crippen LogP) is 2.62. The van der Waals surface area contributed by atoms with E-state index in [1.54, 1.807) is 0 Å². The smallest absolute Gasteiger partial charge is 0.256 e. The van der Waals surface area contributed by atoms with Gasteiger partial charge in [0.15, 0.2) is 5.78 Å². The van der Waals surface area contributed by atoms with Crippen molar-refractivity contribution >= 4 is 11.7 Å². The summed E-state index contributed by atoms with van der Waals surface area (Å²) in [6.07, 6.45) is 5.00. The summed E-state index contributed by atoms with van der Waals surface area (Å²) >= 11 is 0. The van der Waals surface area contributed by atoms with Crippen LogP contribution < -0.4 is 0 Å². The number of aryl methyl sites for hydroxylation is 1. The molecule has 0 saturated carbocycles. The number of rotatable bonds is 3. The molecule has 0 aromatic carbocycles. The molecule has 1 amide bonds. The average molecular weight is 260 g/mol. The maximum absolute atomic E-state index is 12.6. The molecule has 19 heavy (non-hydrogen) atoms. The fourth-order valence-electron chi connectivity index (χ4n) is 2.73. The number of H-pyrrole nitrogens is 1. The van der Waals surface area contributed by atoms with Crippen molar-refractivity contribution in [1.29, 1.82) is 0 Å². The lowest BCUT2D eigenvalue weighted by Gasteiger charge is -2.24. The van der Waals surface area contributed by atoms with E-state index in [0.29, 0.717) is 17.8 Å². The Kier molecular flexibility index (Phi) is 3.60. The summed E-state index contributed by atoms with van der Waals surface area (Å²) in [7, 11) is 0. The van der Waals surface area contributed by atoms with Gasteiger partial charge in [0, 0.05) is 19.2 Å². The molecule has 0 spiro atoms. The third-order valence-electron chi connectivity index (χ3n) is 3.74. The Morgan fingerprint density at radius 2 is 2.11 bits per heavy atom. The van der Waals surface area contributed by atoms with Gasteiger partial charge in [-0.2, -0.15) is 0 Å². The van der Waals surface area contributed by atoms with E-state index in [9.17, 15) is 9.59 Å². The lowest BCUT2D eigenvalue weighted by molar-refractivity contribution is 0.0746. The van der Waals surface area contributed by atoms with Crippen LogP contribution in [0.3, 0.4) is 0 Å². The third kappa shape index (κ3) is 2.23. The molecule has 1 aromatic rings. The highest BCUT2D eigenvalue weighted by molar-refractivity contribution is 6.02. The average Bonchev–Trinajstić information content (AvgIpc) is 2.93. The monoisotopic (exact) mass is 260 g/mol. The Labute approximate surface area is 113 Å². The van der Waals surface area contributed by atoms with Crippen LogP contribution in [0.5, 0.6) is 0 Å². The molecule has 102 valence electrons. The summed E-state index contributed by atoms with van der Waals surface area (Å²) in [5.74, 6) is -0.0261. The van der Waals surface area contributed by atoms with E-state index in [4.69, 9.17) is 0 Å². The third-order valence-corrected chi connectivity index (χ3v) is 3.74. The molecule has 0 fully saturated rings. The zero-order valence-corrected chi connectivity index (χ0v) is 11.9. The fourth-order valence-corrected chi connectivity index (χ4v) is 2.73. The SMILES string of the molecule is CCC1C=CCN1C(=O)c1c(C)[nH]c(C(C)=O)c1C. The molecule has 4 heteroatoms. The van der Waals surface area contributed by atoms with E-state index in [0.717, 1.165) is 17.7 Å². The standard InChI is InChI=1S/C15H20N2O2/c1-5-12-7-6-8-17(12)15(19)13-9(2)14(11(4)18)16-10(13)3/h6-7,12,16H,5,8H2,1-4H3. The molecular weight excluding hydrogens is 240 g/mol. The molecule has 1 unspecified atom stereocenters. The van der Waals surface area contributed by atoms with Gasteiger partial charge in [-0.3, -0.25) is 9.59 Å². The van der Waals surface area contributed by atoms with Crippen LogP contribution in [0.2, 0.25) is 0 Å². The van der Waals surface area contributed by atoms with E-state index >= 15 is 0 Å². The number of Topliss-reactive ketones (excluding diaryl/α,β-unsaturated/α-hetero) is 1. The van der Waals surface area contributed by atoms with Gasteiger partial charge >= 0.3 is 0 Å². The molecule has 0 saturated heterocycles. The minimum absolute atomic E-state index is 0.00981. The number of aromatic nitrogens is 1. The summed E-state index contributed by atoms with van der Waals surface area (Å²) in [6, 6.07) is 0.168. The number of ketones is 1. The predicted molar refractivity (Wildman–Crippen MR) is 74.5 cm³/mol. The first-order valence-electron chi connectivity index (χ1n) is 6.65. The van der Waals surface area contributed by atoms with Crippen molar-refractivity contribution in [3.63, 3.8) is 0 Å². The van der Waals surface area contributed by atoms with Gasteiger partial charge in [-0.05, 0) is 25.8 Å². The zero-order chi connectivity index (χ0) is 14.2. The molecule has 0 bridgehead atoms. The van der Waals surface area contributed by atoms with Crippen molar-refractivity contribution < 1.29 is 9.59 Å².